The van der Waals surface area contributed by atoms with E-state index in [1.165, 1.54) is 4.90 Å². The maximum Gasteiger partial charge on any atom is 0.273 e. The van der Waals surface area contributed by atoms with Crippen LogP contribution in [-0.4, -0.2) is 44.7 Å². The summed E-state index contributed by atoms with van der Waals surface area (Å²) in [5.74, 6) is 6.95. The normalized spacial score (nSPS) is 10.4. The molecule has 106 valence electrons. The summed E-state index contributed by atoms with van der Waals surface area (Å²) in [6, 6.07) is 1.65. The molecule has 8 heteroatoms. The number of nitrogens with two attached hydrogens (primary N) is 1. The second kappa shape index (κ2) is 5.25. The van der Waals surface area contributed by atoms with Crippen LogP contribution in [0.5, 0.6) is 0 Å². The number of rotatable bonds is 3. The van der Waals surface area contributed by atoms with Crippen LogP contribution in [0.15, 0.2) is 12.3 Å². The van der Waals surface area contributed by atoms with Gasteiger partial charge in [0.05, 0.1) is 0 Å². The molecule has 8 nitrogen and oxygen atoms in total. The van der Waals surface area contributed by atoms with E-state index >= 15 is 0 Å². The number of carbonyl (C=O) groups excluding carboxylic acids is 1. The van der Waals surface area contributed by atoms with Crippen molar-refractivity contribution in [2.24, 2.45) is 5.84 Å². The molecule has 2 heterocycles. The Bertz CT molecular complexity index is 647. The van der Waals surface area contributed by atoms with Crippen LogP contribution < -0.4 is 11.3 Å². The molecule has 0 aromatic carbocycles. The summed E-state index contributed by atoms with van der Waals surface area (Å²) in [7, 11) is 3.36. The van der Waals surface area contributed by atoms with E-state index in [-0.39, 0.29) is 5.91 Å². The van der Waals surface area contributed by atoms with E-state index in [0.717, 1.165) is 5.56 Å². The molecule has 0 saturated carbocycles. The second-order valence-corrected chi connectivity index (χ2v) is 4.56. The highest BCUT2D eigenvalue weighted by molar-refractivity contribution is 5.91. The Morgan fingerprint density at radius 2 is 2.05 bits per heavy atom. The molecule has 2 aromatic rings. The molecule has 0 spiro atoms. The number of aromatic nitrogens is 4. The Balaban J connectivity index is 2.47. The number of carbonyl (C=O) groups is 1. The first-order valence-corrected chi connectivity index (χ1v) is 6.03. The first kappa shape index (κ1) is 13.9. The van der Waals surface area contributed by atoms with Gasteiger partial charge in [-0.25, -0.2) is 20.5 Å². The van der Waals surface area contributed by atoms with Crippen molar-refractivity contribution in [3.8, 4) is 5.82 Å². The third-order valence-electron chi connectivity index (χ3n) is 2.80. The van der Waals surface area contributed by atoms with Crippen LogP contribution in [0.2, 0.25) is 0 Å². The lowest BCUT2D eigenvalue weighted by molar-refractivity contribution is 0.0821. The number of aryl methyl sites for hydroxylation is 1. The Morgan fingerprint density at radius 1 is 1.35 bits per heavy atom. The van der Waals surface area contributed by atoms with Gasteiger partial charge in [0.25, 0.3) is 5.91 Å². The lowest BCUT2D eigenvalue weighted by Gasteiger charge is -2.10. The zero-order valence-electron chi connectivity index (χ0n) is 11.9. The van der Waals surface area contributed by atoms with Gasteiger partial charge in [-0.3, -0.25) is 4.79 Å². The van der Waals surface area contributed by atoms with Crippen molar-refractivity contribution in [3.05, 3.63) is 29.3 Å². The van der Waals surface area contributed by atoms with Crippen LogP contribution in [0.3, 0.4) is 0 Å². The predicted molar refractivity (Wildman–Crippen MR) is 74.5 cm³/mol. The summed E-state index contributed by atoms with van der Waals surface area (Å²) in [4.78, 5) is 21.8. The quantitative estimate of drug-likeness (QED) is 0.615. The van der Waals surface area contributed by atoms with Gasteiger partial charge in [-0.15, -0.1) is 0 Å². The molecule has 0 aliphatic rings. The molecular weight excluding hydrogens is 258 g/mol. The van der Waals surface area contributed by atoms with Crippen molar-refractivity contribution in [1.29, 1.82) is 0 Å². The smallest absolute Gasteiger partial charge is 0.273 e. The number of hydrogen-bond acceptors (Lipinski definition) is 6. The van der Waals surface area contributed by atoms with Gasteiger partial charge >= 0.3 is 0 Å². The highest BCUT2D eigenvalue weighted by atomic mass is 16.2. The van der Waals surface area contributed by atoms with E-state index in [1.54, 1.807) is 38.0 Å². The topological polar surface area (TPSA) is 102 Å². The summed E-state index contributed by atoms with van der Waals surface area (Å²) in [5, 5.41) is 4.25. The number of amides is 1. The molecule has 0 radical (unpaired) electrons. The van der Waals surface area contributed by atoms with E-state index < -0.39 is 0 Å². The highest BCUT2D eigenvalue weighted by Gasteiger charge is 2.15. The summed E-state index contributed by atoms with van der Waals surface area (Å²) in [6.45, 7) is 3.60. The molecular formula is C12H17N7O. The maximum absolute atomic E-state index is 11.8. The monoisotopic (exact) mass is 275 g/mol. The number of nitrogens with zero attached hydrogens (tertiary/aromatic N) is 5. The number of anilines is 1. The minimum absolute atomic E-state index is 0.163. The lowest BCUT2D eigenvalue weighted by atomic mass is 10.3. The molecule has 2 rings (SSSR count). The van der Waals surface area contributed by atoms with Crippen LogP contribution in [0.4, 0.5) is 5.82 Å². The predicted octanol–water partition coefficient (Wildman–Crippen LogP) is 0.267. The van der Waals surface area contributed by atoms with Gasteiger partial charge in [-0.2, -0.15) is 5.10 Å². The fourth-order valence-electron chi connectivity index (χ4n) is 1.76. The van der Waals surface area contributed by atoms with Crippen LogP contribution in [0, 0.1) is 13.8 Å². The van der Waals surface area contributed by atoms with Gasteiger partial charge in [0.15, 0.2) is 11.5 Å². The van der Waals surface area contributed by atoms with Gasteiger partial charge in [0, 0.05) is 25.9 Å². The zero-order chi connectivity index (χ0) is 14.9. The fourth-order valence-corrected chi connectivity index (χ4v) is 1.76. The molecule has 20 heavy (non-hydrogen) atoms. The van der Waals surface area contributed by atoms with Crippen molar-refractivity contribution < 1.29 is 4.79 Å². The van der Waals surface area contributed by atoms with E-state index in [9.17, 15) is 4.79 Å². The molecule has 3 N–H and O–H groups in total. The van der Waals surface area contributed by atoms with E-state index in [1.807, 2.05) is 6.92 Å². The van der Waals surface area contributed by atoms with Crippen molar-refractivity contribution >= 4 is 11.7 Å². The Morgan fingerprint density at radius 3 is 2.65 bits per heavy atom. The van der Waals surface area contributed by atoms with Crippen LogP contribution in [0.25, 0.3) is 5.82 Å². The molecule has 0 aliphatic carbocycles. The molecule has 2 aromatic heterocycles. The molecule has 0 aliphatic heterocycles. The maximum atomic E-state index is 11.8. The summed E-state index contributed by atoms with van der Waals surface area (Å²) in [6.07, 6.45) is 1.69. The standard InChI is InChI=1S/C12H17N7O/c1-7-10(16-13)14-8(2)15-11(7)19-6-5-9(17-19)12(20)18(3)4/h5-6H,13H2,1-4H3,(H,14,15,16). The average Bonchev–Trinajstić information content (AvgIpc) is 2.89. The van der Waals surface area contributed by atoms with Gasteiger partial charge < -0.3 is 10.3 Å². The average molecular weight is 275 g/mol. The molecule has 0 unspecified atom stereocenters. The zero-order valence-corrected chi connectivity index (χ0v) is 11.9. The molecule has 0 atom stereocenters. The third-order valence-corrected chi connectivity index (χ3v) is 2.80. The molecule has 0 fully saturated rings. The third kappa shape index (κ3) is 2.45. The van der Waals surface area contributed by atoms with Crippen molar-refractivity contribution in [2.75, 3.05) is 19.5 Å². The van der Waals surface area contributed by atoms with Crippen molar-refractivity contribution in [2.45, 2.75) is 13.8 Å². The largest absolute Gasteiger partial charge is 0.343 e. The number of hydrogen-bond donors (Lipinski definition) is 2. The van der Waals surface area contributed by atoms with E-state index in [0.29, 0.717) is 23.2 Å². The first-order chi connectivity index (χ1) is 9.43. The fraction of sp³-hybridized carbons (Fsp3) is 0.333. The number of nitrogen functional groups attached to an aromatic ring is 1. The van der Waals surface area contributed by atoms with Crippen LogP contribution in [-0.2, 0) is 0 Å². The van der Waals surface area contributed by atoms with Crippen molar-refractivity contribution in [1.82, 2.24) is 24.6 Å². The van der Waals surface area contributed by atoms with Gasteiger partial charge in [0.2, 0.25) is 0 Å². The molecule has 0 saturated heterocycles. The molecule has 0 bridgehead atoms. The number of hydrazine groups is 1. The summed E-state index contributed by atoms with van der Waals surface area (Å²) < 4.78 is 1.54. The van der Waals surface area contributed by atoms with Crippen LogP contribution >= 0.6 is 0 Å². The van der Waals surface area contributed by atoms with Gasteiger partial charge in [-0.1, -0.05) is 0 Å². The van der Waals surface area contributed by atoms with Gasteiger partial charge in [-0.05, 0) is 19.9 Å². The minimum atomic E-state index is -0.163. The lowest BCUT2D eigenvalue weighted by Crippen LogP contribution is -2.22. The van der Waals surface area contributed by atoms with Crippen molar-refractivity contribution in [3.63, 3.8) is 0 Å². The second-order valence-electron chi connectivity index (χ2n) is 4.56. The van der Waals surface area contributed by atoms with E-state index in [2.05, 4.69) is 20.5 Å². The Labute approximate surface area is 116 Å². The van der Waals surface area contributed by atoms with Crippen LogP contribution in [0.1, 0.15) is 21.9 Å². The Kier molecular flexibility index (Phi) is 3.66. The highest BCUT2D eigenvalue weighted by Crippen LogP contribution is 2.18. The SMILES string of the molecule is Cc1nc(NN)c(C)c(-n2ccc(C(=O)N(C)C)n2)n1. The minimum Gasteiger partial charge on any atom is -0.343 e. The summed E-state index contributed by atoms with van der Waals surface area (Å²) >= 11 is 0. The number of nitrogens with one attached hydrogen (secondary N) is 1. The summed E-state index contributed by atoms with van der Waals surface area (Å²) in [5.41, 5.74) is 3.64. The van der Waals surface area contributed by atoms with E-state index in [4.69, 9.17) is 5.84 Å². The first-order valence-electron chi connectivity index (χ1n) is 6.03. The molecule has 1 amide bonds. The Hall–Kier alpha value is -2.48. The van der Waals surface area contributed by atoms with Gasteiger partial charge in [0.1, 0.15) is 11.6 Å².